The quantitative estimate of drug-likeness (QED) is 0.757. The molecule has 0 spiro atoms. The van der Waals surface area contributed by atoms with E-state index in [4.69, 9.17) is 4.74 Å². The summed E-state index contributed by atoms with van der Waals surface area (Å²) in [6.45, 7) is 2.76. The van der Waals surface area contributed by atoms with Gasteiger partial charge in [0.05, 0.1) is 13.4 Å². The maximum atomic E-state index is 12.8. The number of nitrogens with one attached hydrogen (secondary N) is 2. The molecule has 1 aliphatic rings. The van der Waals surface area contributed by atoms with Gasteiger partial charge in [-0.15, -0.1) is 0 Å². The van der Waals surface area contributed by atoms with Gasteiger partial charge in [0.25, 0.3) is 0 Å². The first-order chi connectivity index (χ1) is 12.7. The molecule has 1 aromatic carbocycles. The van der Waals surface area contributed by atoms with Gasteiger partial charge in [0.1, 0.15) is 5.75 Å². The van der Waals surface area contributed by atoms with Crippen molar-refractivity contribution in [2.24, 2.45) is 5.92 Å². The van der Waals surface area contributed by atoms with E-state index in [0.717, 1.165) is 41.2 Å². The summed E-state index contributed by atoms with van der Waals surface area (Å²) in [6, 6.07) is 7.73. The second kappa shape index (κ2) is 6.67. The number of ether oxygens (including phenoxy) is 1. The average molecular weight is 351 g/mol. The predicted molar refractivity (Wildman–Crippen MR) is 98.0 cm³/mol. The molecule has 1 aliphatic heterocycles. The van der Waals surface area contributed by atoms with Crippen LogP contribution in [0.3, 0.4) is 0 Å². The molecule has 4 rings (SSSR count). The maximum absolute atomic E-state index is 12.8. The smallest absolute Gasteiger partial charge is 0.229 e. The van der Waals surface area contributed by atoms with Crippen LogP contribution in [0, 0.1) is 12.8 Å². The molecule has 1 atom stereocenters. The van der Waals surface area contributed by atoms with E-state index in [9.17, 15) is 4.79 Å². The van der Waals surface area contributed by atoms with Crippen molar-refractivity contribution in [2.75, 3.05) is 12.4 Å². The lowest BCUT2D eigenvalue weighted by Crippen LogP contribution is -2.30. The molecule has 7 nitrogen and oxygen atoms in total. The minimum Gasteiger partial charge on any atom is -0.497 e. The molecule has 3 heterocycles. The third-order valence-electron chi connectivity index (χ3n) is 4.89. The van der Waals surface area contributed by atoms with Crippen LogP contribution in [0.4, 0.5) is 5.82 Å². The van der Waals surface area contributed by atoms with Crippen molar-refractivity contribution in [3.63, 3.8) is 0 Å². The number of hydrogen-bond acceptors (Lipinski definition) is 4. The van der Waals surface area contributed by atoms with Crippen LogP contribution in [0.25, 0.3) is 11.1 Å². The molecule has 0 radical (unpaired) electrons. The Morgan fingerprint density at radius 2 is 2.31 bits per heavy atom. The number of nitrogens with zero attached hydrogens (tertiary/aromatic N) is 3. The third kappa shape index (κ3) is 2.96. The number of hydrogen-bond donors (Lipinski definition) is 2. The van der Waals surface area contributed by atoms with Gasteiger partial charge in [-0.25, -0.2) is 4.98 Å². The number of benzene rings is 1. The fourth-order valence-electron chi connectivity index (χ4n) is 3.46. The van der Waals surface area contributed by atoms with Gasteiger partial charge < -0.3 is 14.6 Å². The molecular formula is C19H21N5O2. The van der Waals surface area contributed by atoms with Crippen molar-refractivity contribution >= 4 is 11.7 Å². The Labute approximate surface area is 151 Å². The summed E-state index contributed by atoms with van der Waals surface area (Å²) >= 11 is 0. The van der Waals surface area contributed by atoms with Crippen LogP contribution in [0.15, 0.2) is 36.8 Å². The zero-order chi connectivity index (χ0) is 18.1. The Bertz CT molecular complexity index is 943. The zero-order valence-corrected chi connectivity index (χ0v) is 14.8. The van der Waals surface area contributed by atoms with Gasteiger partial charge in [0.15, 0.2) is 5.82 Å². The first kappa shape index (κ1) is 16.4. The summed E-state index contributed by atoms with van der Waals surface area (Å²) < 4.78 is 7.41. The molecule has 0 saturated carbocycles. The van der Waals surface area contributed by atoms with Gasteiger partial charge in [-0.1, -0.05) is 12.1 Å². The summed E-state index contributed by atoms with van der Waals surface area (Å²) in [5, 5.41) is 10.3. The summed E-state index contributed by atoms with van der Waals surface area (Å²) in [4.78, 5) is 17.0. The lowest BCUT2D eigenvalue weighted by Gasteiger charge is -2.22. The van der Waals surface area contributed by atoms with Gasteiger partial charge in [-0.05, 0) is 31.0 Å². The van der Waals surface area contributed by atoms with E-state index >= 15 is 0 Å². The summed E-state index contributed by atoms with van der Waals surface area (Å²) in [6.07, 6.45) is 5.15. The van der Waals surface area contributed by atoms with Crippen LogP contribution in [-0.4, -0.2) is 32.8 Å². The fourth-order valence-corrected chi connectivity index (χ4v) is 3.46. The van der Waals surface area contributed by atoms with Crippen molar-refractivity contribution in [1.82, 2.24) is 19.7 Å². The van der Waals surface area contributed by atoms with E-state index in [1.165, 1.54) is 0 Å². The Morgan fingerprint density at radius 1 is 1.42 bits per heavy atom. The van der Waals surface area contributed by atoms with Crippen molar-refractivity contribution in [3.8, 4) is 16.9 Å². The molecule has 26 heavy (non-hydrogen) atoms. The van der Waals surface area contributed by atoms with Crippen molar-refractivity contribution in [3.05, 3.63) is 48.2 Å². The fraction of sp³-hybridized carbons (Fsp3) is 0.316. The number of anilines is 1. The van der Waals surface area contributed by atoms with Crippen LogP contribution in [0.2, 0.25) is 0 Å². The first-order valence-electron chi connectivity index (χ1n) is 8.65. The van der Waals surface area contributed by atoms with E-state index in [0.29, 0.717) is 12.2 Å². The van der Waals surface area contributed by atoms with Crippen LogP contribution in [0.1, 0.15) is 17.8 Å². The van der Waals surface area contributed by atoms with Gasteiger partial charge in [-0.2, -0.15) is 5.10 Å². The van der Waals surface area contributed by atoms with Gasteiger partial charge in [-0.3, -0.25) is 9.89 Å². The van der Waals surface area contributed by atoms with Gasteiger partial charge in [0, 0.05) is 42.0 Å². The lowest BCUT2D eigenvalue weighted by atomic mass is 9.95. The molecule has 3 aromatic rings. The second-order valence-corrected chi connectivity index (χ2v) is 6.56. The van der Waals surface area contributed by atoms with E-state index in [2.05, 4.69) is 25.1 Å². The summed E-state index contributed by atoms with van der Waals surface area (Å²) in [5.74, 6) is 1.24. The highest BCUT2D eigenvalue weighted by atomic mass is 16.5. The normalized spacial score (nSPS) is 16.2. The molecular weight excluding hydrogens is 330 g/mol. The molecule has 0 fully saturated rings. The topological polar surface area (TPSA) is 84.8 Å². The van der Waals surface area contributed by atoms with Crippen LogP contribution < -0.4 is 10.1 Å². The number of aromatic amines is 1. The number of aromatic nitrogens is 4. The third-order valence-corrected chi connectivity index (χ3v) is 4.89. The molecule has 2 N–H and O–H groups in total. The van der Waals surface area contributed by atoms with Gasteiger partial charge in [0.2, 0.25) is 5.91 Å². The number of carbonyl (C=O) groups is 1. The van der Waals surface area contributed by atoms with E-state index < -0.39 is 0 Å². The first-order valence-corrected chi connectivity index (χ1v) is 8.65. The molecule has 1 unspecified atom stereocenters. The molecule has 1 amide bonds. The van der Waals surface area contributed by atoms with Crippen LogP contribution >= 0.6 is 0 Å². The van der Waals surface area contributed by atoms with Crippen molar-refractivity contribution in [2.45, 2.75) is 26.3 Å². The number of amides is 1. The number of H-pyrrole nitrogens is 1. The van der Waals surface area contributed by atoms with Crippen molar-refractivity contribution in [1.29, 1.82) is 0 Å². The Kier molecular flexibility index (Phi) is 4.20. The Balaban J connectivity index is 1.57. The number of fused-ring (bicyclic) bond motifs is 1. The maximum Gasteiger partial charge on any atom is 0.229 e. The monoisotopic (exact) mass is 351 g/mol. The molecule has 134 valence electrons. The minimum absolute atomic E-state index is 0.00639. The van der Waals surface area contributed by atoms with Gasteiger partial charge >= 0.3 is 0 Å². The number of rotatable bonds is 4. The van der Waals surface area contributed by atoms with E-state index in [1.54, 1.807) is 7.11 Å². The number of carbonyl (C=O) groups excluding carboxylic acids is 1. The number of methoxy groups -OCH3 is 1. The van der Waals surface area contributed by atoms with E-state index in [1.807, 2.05) is 43.7 Å². The zero-order valence-electron chi connectivity index (χ0n) is 14.8. The number of aryl methyl sites for hydroxylation is 2. The summed E-state index contributed by atoms with van der Waals surface area (Å²) in [5.41, 5.74) is 3.84. The lowest BCUT2D eigenvalue weighted by molar-refractivity contribution is -0.120. The minimum atomic E-state index is -0.0747. The molecule has 0 aliphatic carbocycles. The highest BCUT2D eigenvalue weighted by molar-refractivity contribution is 5.96. The molecule has 7 heteroatoms. The summed E-state index contributed by atoms with van der Waals surface area (Å²) in [7, 11) is 1.64. The molecule has 0 saturated heterocycles. The van der Waals surface area contributed by atoms with E-state index in [-0.39, 0.29) is 11.8 Å². The Morgan fingerprint density at radius 3 is 3.15 bits per heavy atom. The molecule has 2 aromatic heterocycles. The SMILES string of the molecule is COc1cccc(-c2c(NC(=O)C3CCn4cncc4C3)n[nH]c2C)c1. The highest BCUT2D eigenvalue weighted by Gasteiger charge is 2.26. The Hall–Kier alpha value is -3.09. The van der Waals surface area contributed by atoms with Crippen LogP contribution in [0.5, 0.6) is 5.75 Å². The predicted octanol–water partition coefficient (Wildman–Crippen LogP) is 2.79. The average Bonchev–Trinajstić information content (AvgIpc) is 3.27. The van der Waals surface area contributed by atoms with Crippen molar-refractivity contribution < 1.29 is 9.53 Å². The van der Waals surface area contributed by atoms with Crippen LogP contribution in [-0.2, 0) is 17.8 Å². The highest BCUT2D eigenvalue weighted by Crippen LogP contribution is 2.32. The number of imidazole rings is 1. The standard InChI is InChI=1S/C19H21N5O2/c1-12-17(13-4-3-5-16(9-13)26-2)18(23-22-12)21-19(25)14-6-7-24-11-20-10-15(24)8-14/h3-5,9-11,14H,6-8H2,1-2H3,(H2,21,22,23,25). The molecule has 0 bridgehead atoms. The second-order valence-electron chi connectivity index (χ2n) is 6.56. The largest absolute Gasteiger partial charge is 0.497 e.